The van der Waals surface area contributed by atoms with E-state index in [-0.39, 0.29) is 6.04 Å². The molecule has 3 nitrogen and oxygen atoms in total. The Balaban J connectivity index is 2.35. The summed E-state index contributed by atoms with van der Waals surface area (Å²) in [5.41, 5.74) is 1.01. The van der Waals surface area contributed by atoms with Gasteiger partial charge in [0.15, 0.2) is 0 Å². The highest BCUT2D eigenvalue weighted by molar-refractivity contribution is 6.30. The van der Waals surface area contributed by atoms with Crippen molar-refractivity contribution in [1.82, 2.24) is 5.32 Å². The number of nitrogens with one attached hydrogen (secondary N) is 1. The van der Waals surface area contributed by atoms with Gasteiger partial charge in [-0.15, -0.1) is 0 Å². The van der Waals surface area contributed by atoms with E-state index in [9.17, 15) is 0 Å². The van der Waals surface area contributed by atoms with Gasteiger partial charge in [0.05, 0.1) is 12.7 Å². The van der Waals surface area contributed by atoms with E-state index >= 15 is 0 Å². The van der Waals surface area contributed by atoms with Crippen LogP contribution in [0.3, 0.4) is 0 Å². The molecule has 0 aliphatic carbocycles. The third-order valence-electron chi connectivity index (χ3n) is 3.23. The molecule has 1 N–H and O–H groups in total. The van der Waals surface area contributed by atoms with Gasteiger partial charge in [0.25, 0.3) is 0 Å². The SMILES string of the molecule is CCNC(C)c1c(OC)cccc1Oc1ccc(Cl)cc1. The van der Waals surface area contributed by atoms with Crippen molar-refractivity contribution in [3.63, 3.8) is 0 Å². The molecule has 0 bridgehead atoms. The maximum absolute atomic E-state index is 6.00. The van der Waals surface area contributed by atoms with Gasteiger partial charge in [0.2, 0.25) is 0 Å². The van der Waals surface area contributed by atoms with Gasteiger partial charge in [0.1, 0.15) is 17.2 Å². The highest BCUT2D eigenvalue weighted by Crippen LogP contribution is 2.36. The fourth-order valence-corrected chi connectivity index (χ4v) is 2.38. The van der Waals surface area contributed by atoms with Gasteiger partial charge < -0.3 is 14.8 Å². The maximum atomic E-state index is 6.00. The lowest BCUT2D eigenvalue weighted by atomic mass is 10.1. The number of methoxy groups -OCH3 is 1. The Hall–Kier alpha value is -1.71. The van der Waals surface area contributed by atoms with Crippen molar-refractivity contribution in [2.24, 2.45) is 0 Å². The molecular weight excluding hydrogens is 286 g/mol. The summed E-state index contributed by atoms with van der Waals surface area (Å²) in [6.07, 6.45) is 0. The van der Waals surface area contributed by atoms with Gasteiger partial charge >= 0.3 is 0 Å². The van der Waals surface area contributed by atoms with E-state index in [1.54, 1.807) is 7.11 Å². The van der Waals surface area contributed by atoms with Crippen LogP contribution in [0.5, 0.6) is 17.2 Å². The Labute approximate surface area is 130 Å². The van der Waals surface area contributed by atoms with E-state index in [0.717, 1.165) is 29.4 Å². The van der Waals surface area contributed by atoms with Gasteiger partial charge in [-0.05, 0) is 49.9 Å². The highest BCUT2D eigenvalue weighted by Gasteiger charge is 2.17. The first kappa shape index (κ1) is 15.7. The van der Waals surface area contributed by atoms with Crippen molar-refractivity contribution in [1.29, 1.82) is 0 Å². The summed E-state index contributed by atoms with van der Waals surface area (Å²) in [6, 6.07) is 13.3. The van der Waals surface area contributed by atoms with Crippen molar-refractivity contribution in [3.05, 3.63) is 53.1 Å². The molecule has 21 heavy (non-hydrogen) atoms. The lowest BCUT2D eigenvalue weighted by Gasteiger charge is -2.20. The second-order valence-corrected chi connectivity index (χ2v) is 5.14. The fourth-order valence-electron chi connectivity index (χ4n) is 2.26. The fraction of sp³-hybridized carbons (Fsp3) is 0.294. The first-order chi connectivity index (χ1) is 10.2. The molecule has 2 rings (SSSR count). The van der Waals surface area contributed by atoms with Crippen LogP contribution in [0.25, 0.3) is 0 Å². The second kappa shape index (κ2) is 7.34. The average Bonchev–Trinajstić information content (AvgIpc) is 2.49. The third kappa shape index (κ3) is 3.90. The highest BCUT2D eigenvalue weighted by atomic mass is 35.5. The number of rotatable bonds is 6. The van der Waals surface area contributed by atoms with Crippen molar-refractivity contribution < 1.29 is 9.47 Å². The summed E-state index contributed by atoms with van der Waals surface area (Å²) < 4.78 is 11.5. The molecule has 1 atom stereocenters. The quantitative estimate of drug-likeness (QED) is 0.830. The van der Waals surface area contributed by atoms with E-state index in [2.05, 4.69) is 19.2 Å². The molecule has 0 fully saturated rings. The van der Waals surface area contributed by atoms with Gasteiger partial charge in [-0.3, -0.25) is 0 Å². The van der Waals surface area contributed by atoms with Gasteiger partial charge in [-0.1, -0.05) is 24.6 Å². The number of hydrogen-bond acceptors (Lipinski definition) is 3. The van der Waals surface area contributed by atoms with Crippen LogP contribution in [-0.2, 0) is 0 Å². The molecule has 2 aromatic rings. The van der Waals surface area contributed by atoms with Crippen molar-refractivity contribution in [3.8, 4) is 17.2 Å². The zero-order chi connectivity index (χ0) is 15.2. The zero-order valence-corrected chi connectivity index (χ0v) is 13.3. The van der Waals surface area contributed by atoms with Crippen LogP contribution in [0, 0.1) is 0 Å². The largest absolute Gasteiger partial charge is 0.496 e. The summed E-state index contributed by atoms with van der Waals surface area (Å²) in [7, 11) is 1.67. The van der Waals surface area contributed by atoms with Crippen molar-refractivity contribution in [2.75, 3.05) is 13.7 Å². The molecule has 112 valence electrons. The summed E-state index contributed by atoms with van der Waals surface area (Å²) in [6.45, 7) is 5.04. The number of halogens is 1. The molecule has 0 amide bonds. The molecule has 0 aromatic heterocycles. The van der Waals surface area contributed by atoms with Crippen molar-refractivity contribution >= 4 is 11.6 Å². The first-order valence-electron chi connectivity index (χ1n) is 6.99. The first-order valence-corrected chi connectivity index (χ1v) is 7.37. The molecule has 0 saturated carbocycles. The lowest BCUT2D eigenvalue weighted by molar-refractivity contribution is 0.391. The summed E-state index contributed by atoms with van der Waals surface area (Å²) in [5.74, 6) is 2.35. The Kier molecular flexibility index (Phi) is 5.48. The molecule has 0 heterocycles. The number of benzene rings is 2. The lowest BCUT2D eigenvalue weighted by Crippen LogP contribution is -2.19. The van der Waals surface area contributed by atoms with E-state index in [1.807, 2.05) is 42.5 Å². The van der Waals surface area contributed by atoms with Crippen LogP contribution < -0.4 is 14.8 Å². The third-order valence-corrected chi connectivity index (χ3v) is 3.48. The molecule has 0 spiro atoms. The molecule has 2 aromatic carbocycles. The van der Waals surface area contributed by atoms with Gasteiger partial charge in [-0.2, -0.15) is 0 Å². The Bertz CT molecular complexity index is 584. The molecule has 1 unspecified atom stereocenters. The summed E-state index contributed by atoms with van der Waals surface area (Å²) >= 11 is 5.90. The number of ether oxygens (including phenoxy) is 2. The standard InChI is InChI=1S/C17H20ClNO2/c1-4-19-12(2)17-15(20-3)6-5-7-16(17)21-14-10-8-13(18)9-11-14/h5-12,19H,4H2,1-3H3. The normalized spacial score (nSPS) is 12.0. The maximum Gasteiger partial charge on any atom is 0.135 e. The Morgan fingerprint density at radius 1 is 1.10 bits per heavy atom. The monoisotopic (exact) mass is 305 g/mol. The van der Waals surface area contributed by atoms with E-state index in [1.165, 1.54) is 0 Å². The van der Waals surface area contributed by atoms with Crippen LogP contribution >= 0.6 is 11.6 Å². The predicted octanol–water partition coefficient (Wildman–Crippen LogP) is 4.81. The molecule has 0 aliphatic rings. The van der Waals surface area contributed by atoms with E-state index < -0.39 is 0 Å². The molecule has 4 heteroatoms. The van der Waals surface area contributed by atoms with Crippen LogP contribution in [-0.4, -0.2) is 13.7 Å². The molecular formula is C17H20ClNO2. The van der Waals surface area contributed by atoms with Crippen LogP contribution in [0.4, 0.5) is 0 Å². The van der Waals surface area contributed by atoms with Crippen LogP contribution in [0.2, 0.25) is 5.02 Å². The number of hydrogen-bond donors (Lipinski definition) is 1. The summed E-state index contributed by atoms with van der Waals surface area (Å²) in [4.78, 5) is 0. The second-order valence-electron chi connectivity index (χ2n) is 4.71. The topological polar surface area (TPSA) is 30.5 Å². The smallest absolute Gasteiger partial charge is 0.135 e. The van der Waals surface area contributed by atoms with Crippen LogP contribution in [0.15, 0.2) is 42.5 Å². The average molecular weight is 306 g/mol. The Morgan fingerprint density at radius 3 is 2.38 bits per heavy atom. The minimum Gasteiger partial charge on any atom is -0.496 e. The van der Waals surface area contributed by atoms with Gasteiger partial charge in [0, 0.05) is 11.1 Å². The van der Waals surface area contributed by atoms with Crippen LogP contribution in [0.1, 0.15) is 25.5 Å². The predicted molar refractivity (Wildman–Crippen MR) is 86.6 cm³/mol. The minimum absolute atomic E-state index is 0.133. The minimum atomic E-state index is 0.133. The Morgan fingerprint density at radius 2 is 1.76 bits per heavy atom. The van der Waals surface area contributed by atoms with E-state index in [4.69, 9.17) is 21.1 Å². The zero-order valence-electron chi connectivity index (χ0n) is 12.5. The molecule has 0 radical (unpaired) electrons. The summed E-state index contributed by atoms with van der Waals surface area (Å²) in [5, 5.41) is 4.08. The molecule has 0 aliphatic heterocycles. The molecule has 0 saturated heterocycles. The van der Waals surface area contributed by atoms with E-state index in [0.29, 0.717) is 5.02 Å². The van der Waals surface area contributed by atoms with Crippen molar-refractivity contribution in [2.45, 2.75) is 19.9 Å². The van der Waals surface area contributed by atoms with Gasteiger partial charge in [-0.25, -0.2) is 0 Å².